The van der Waals surface area contributed by atoms with Crippen LogP contribution in [0.3, 0.4) is 0 Å². The van der Waals surface area contributed by atoms with Crippen LogP contribution in [0.25, 0.3) is 0 Å². The van der Waals surface area contributed by atoms with Crippen LogP contribution in [0.5, 0.6) is 0 Å². The van der Waals surface area contributed by atoms with Crippen LogP contribution in [0.4, 0.5) is 11.4 Å². The van der Waals surface area contributed by atoms with Crippen LogP contribution in [0.2, 0.25) is 0 Å². The summed E-state index contributed by atoms with van der Waals surface area (Å²) in [5.41, 5.74) is 1.21. The lowest BCUT2D eigenvalue weighted by Gasteiger charge is -2.52. The predicted molar refractivity (Wildman–Crippen MR) is 95.8 cm³/mol. The summed E-state index contributed by atoms with van der Waals surface area (Å²) < 4.78 is 0. The van der Waals surface area contributed by atoms with Gasteiger partial charge in [-0.15, -0.1) is 23.5 Å². The second-order valence-electron chi connectivity index (χ2n) is 5.97. The molecule has 2 heterocycles. The van der Waals surface area contributed by atoms with E-state index < -0.39 is 27.5 Å². The largest absolute Gasteiger partial charge is 0.595 e. The molecule has 1 saturated heterocycles. The molecule has 136 valence electrons. The summed E-state index contributed by atoms with van der Waals surface area (Å²) in [6.07, 6.45) is 3.71. The number of hydrogen-bond acceptors (Lipinski definition) is 7. The lowest BCUT2D eigenvalue weighted by molar-refractivity contribution is -0.991. The van der Waals surface area contributed by atoms with Crippen molar-refractivity contribution in [2.75, 3.05) is 31.1 Å². The number of anilines is 1. The van der Waals surface area contributed by atoms with Gasteiger partial charge in [-0.3, -0.25) is 14.5 Å². The van der Waals surface area contributed by atoms with Crippen LogP contribution in [0.15, 0.2) is 18.2 Å². The first-order valence-electron chi connectivity index (χ1n) is 7.49. The van der Waals surface area contributed by atoms with Crippen LogP contribution in [0.1, 0.15) is 5.56 Å². The monoisotopic (exact) mass is 385 g/mol. The van der Waals surface area contributed by atoms with Gasteiger partial charge in [0.25, 0.3) is 11.8 Å². The highest BCUT2D eigenvalue weighted by atomic mass is 32.2. The molecule has 3 rings (SSSR count). The molecule has 0 radical (unpaired) electrons. The Kier molecular flexibility index (Phi) is 4.55. The number of carbonyl (C=O) groups is 2. The highest BCUT2D eigenvalue weighted by Gasteiger charge is 2.64. The van der Waals surface area contributed by atoms with Crippen molar-refractivity contribution in [3.05, 3.63) is 29.0 Å². The van der Waals surface area contributed by atoms with Crippen molar-refractivity contribution >= 4 is 46.7 Å². The molecule has 2 aliphatic heterocycles. The normalized spacial score (nSPS) is 29.7. The Balaban J connectivity index is 2.23. The number of rotatable bonds is 4. The molecule has 0 spiro atoms. The minimum absolute atomic E-state index is 0.0496. The molecule has 2 amide bonds. The van der Waals surface area contributed by atoms with Gasteiger partial charge in [-0.1, -0.05) is 6.07 Å². The fraction of sp³-hybridized carbons (Fsp3) is 0.467. The van der Waals surface area contributed by atoms with Gasteiger partial charge in [-0.25, -0.2) is 5.21 Å². The lowest BCUT2D eigenvalue weighted by Crippen LogP contribution is -2.99. The number of aliphatic hydroxyl groups excluding tert-OH is 1. The molecule has 3 N–H and O–H groups in total. The molecule has 1 aromatic rings. The number of thioether (sulfide) groups is 2. The average Bonchev–Trinajstić information content (AvgIpc) is 2.96. The number of quaternary nitrogens is 1. The molecule has 8 nitrogen and oxygen atoms in total. The number of carbonyl (C=O) groups excluding carboxylic acids is 2. The summed E-state index contributed by atoms with van der Waals surface area (Å²) >= 11 is 2.34. The van der Waals surface area contributed by atoms with Crippen LogP contribution >= 0.6 is 23.5 Å². The van der Waals surface area contributed by atoms with E-state index in [9.17, 15) is 25.1 Å². The number of aliphatic hydroxyl groups is 1. The van der Waals surface area contributed by atoms with E-state index in [4.69, 9.17) is 0 Å². The van der Waals surface area contributed by atoms with E-state index in [1.165, 1.54) is 40.7 Å². The third-order valence-corrected chi connectivity index (χ3v) is 7.40. The second kappa shape index (κ2) is 6.15. The maximum atomic E-state index is 13.3. The smallest absolute Gasteiger partial charge is 0.267 e. The second-order valence-corrected chi connectivity index (χ2v) is 8.13. The summed E-state index contributed by atoms with van der Waals surface area (Å²) in [6, 6.07) is 4.55. The zero-order valence-corrected chi connectivity index (χ0v) is 15.6. The van der Waals surface area contributed by atoms with E-state index in [1.54, 1.807) is 18.6 Å². The molecular weight excluding hydrogens is 366 g/mol. The Bertz CT molecular complexity index is 740. The van der Waals surface area contributed by atoms with Crippen molar-refractivity contribution in [3.8, 4) is 0 Å². The third kappa shape index (κ3) is 2.25. The highest BCUT2D eigenvalue weighted by Crippen LogP contribution is 2.52. The predicted octanol–water partition coefficient (Wildman–Crippen LogP) is -0.438. The minimum atomic E-state index is -1.42. The molecule has 25 heavy (non-hydrogen) atoms. The standard InChI is InChI=1S/C15H19N3O5S2/c1-16-12(20)14(24-2)7-9-4-5-10(18(22)23)6-11(9)17(14)13(21)15(16,8-19)25-3/h4-6,18-19,22H,7-8H2,1-3H3/t14-,15-/m0/s1. The van der Waals surface area contributed by atoms with Crippen LogP contribution in [0, 0.1) is 5.21 Å². The van der Waals surface area contributed by atoms with Gasteiger partial charge in [0.2, 0.25) is 0 Å². The van der Waals surface area contributed by atoms with E-state index in [-0.39, 0.29) is 11.6 Å². The van der Waals surface area contributed by atoms with Crippen molar-refractivity contribution in [1.82, 2.24) is 4.90 Å². The van der Waals surface area contributed by atoms with E-state index in [0.29, 0.717) is 12.1 Å². The fourth-order valence-electron chi connectivity index (χ4n) is 3.49. The Morgan fingerprint density at radius 3 is 2.48 bits per heavy atom. The lowest BCUT2D eigenvalue weighted by atomic mass is 10.0. The zero-order chi connectivity index (χ0) is 18.6. The van der Waals surface area contributed by atoms with Crippen molar-refractivity contribution < 1.29 is 25.1 Å². The van der Waals surface area contributed by atoms with Crippen LogP contribution in [-0.4, -0.2) is 62.9 Å². The van der Waals surface area contributed by atoms with Gasteiger partial charge in [0.05, 0.1) is 12.3 Å². The quantitative estimate of drug-likeness (QED) is 0.603. The van der Waals surface area contributed by atoms with E-state index in [1.807, 2.05) is 0 Å². The van der Waals surface area contributed by atoms with E-state index in [2.05, 4.69) is 0 Å². The average molecular weight is 385 g/mol. The van der Waals surface area contributed by atoms with Gasteiger partial charge in [0, 0.05) is 25.6 Å². The third-order valence-electron chi connectivity index (χ3n) is 4.97. The van der Waals surface area contributed by atoms with E-state index >= 15 is 0 Å². The van der Waals surface area contributed by atoms with Gasteiger partial charge >= 0.3 is 0 Å². The molecule has 10 heteroatoms. The maximum Gasteiger partial charge on any atom is 0.267 e. The number of nitrogens with zero attached hydrogens (tertiary/aromatic N) is 2. The summed E-state index contributed by atoms with van der Waals surface area (Å²) in [6.45, 7) is -0.524. The van der Waals surface area contributed by atoms with Gasteiger partial charge in [0.15, 0.2) is 15.4 Å². The Hall–Kier alpha value is -1.30. The summed E-state index contributed by atoms with van der Waals surface area (Å²) in [4.78, 5) is 26.7. The van der Waals surface area contributed by atoms with Gasteiger partial charge < -0.3 is 15.2 Å². The fourth-order valence-corrected chi connectivity index (χ4v) is 5.22. The number of nitrogens with one attached hydrogen (secondary N) is 1. The van der Waals surface area contributed by atoms with Gasteiger partial charge in [0.1, 0.15) is 0 Å². The van der Waals surface area contributed by atoms with Crippen LogP contribution < -0.4 is 10.1 Å². The maximum absolute atomic E-state index is 13.3. The zero-order valence-electron chi connectivity index (χ0n) is 14.0. The first kappa shape index (κ1) is 18.5. The van der Waals surface area contributed by atoms with Crippen LogP contribution in [-0.2, 0) is 16.0 Å². The highest BCUT2D eigenvalue weighted by molar-refractivity contribution is 8.01. The molecule has 1 aromatic carbocycles. The van der Waals surface area contributed by atoms with Gasteiger partial charge in [-0.2, -0.15) is 5.23 Å². The Morgan fingerprint density at radius 2 is 1.96 bits per heavy atom. The molecule has 0 saturated carbocycles. The van der Waals surface area contributed by atoms with Gasteiger partial charge in [-0.05, 0) is 18.1 Å². The number of benzene rings is 1. The Morgan fingerprint density at radius 1 is 1.28 bits per heavy atom. The molecule has 0 aromatic heterocycles. The van der Waals surface area contributed by atoms with Crippen molar-refractivity contribution in [3.63, 3.8) is 0 Å². The number of likely N-dealkylation sites (N-methyl/N-ethyl adjacent to an activating group) is 1. The molecular formula is C15H19N3O5S2. The molecule has 0 aliphatic carbocycles. The van der Waals surface area contributed by atoms with Crippen molar-refractivity contribution in [2.45, 2.75) is 16.2 Å². The number of hydrogen-bond donors (Lipinski definition) is 3. The molecule has 1 unspecified atom stereocenters. The van der Waals surface area contributed by atoms with E-state index in [0.717, 1.165) is 17.3 Å². The number of fused-ring (bicyclic) bond motifs is 3. The van der Waals surface area contributed by atoms with Crippen molar-refractivity contribution in [1.29, 1.82) is 0 Å². The first-order chi connectivity index (χ1) is 11.8. The first-order valence-corrected chi connectivity index (χ1v) is 9.94. The summed E-state index contributed by atoms with van der Waals surface area (Å²) in [5, 5.41) is 29.4. The minimum Gasteiger partial charge on any atom is -0.595 e. The molecule has 1 fully saturated rings. The molecule has 0 bridgehead atoms. The molecule has 3 atom stereocenters. The summed E-state index contributed by atoms with van der Waals surface area (Å²) in [7, 11) is 1.52. The topological polar surface area (TPSA) is 109 Å². The molecule has 2 aliphatic rings. The number of piperazine rings is 1. The van der Waals surface area contributed by atoms with Crippen molar-refractivity contribution in [2.24, 2.45) is 0 Å². The summed E-state index contributed by atoms with van der Waals surface area (Å²) in [5.74, 6) is -0.698. The number of amides is 2. The Labute approximate surface area is 153 Å². The SMILES string of the molecule is CS[C@@]1(CO)C(=O)N2c3cc([NH+]([O-])O)ccc3C[C@]2(SC)C(=O)N1C.